The lowest BCUT2D eigenvalue weighted by molar-refractivity contribution is -0.529. The van der Waals surface area contributed by atoms with Gasteiger partial charge in [0.15, 0.2) is 11.6 Å². The maximum atomic E-state index is 14.0. The third-order valence-electron chi connectivity index (χ3n) is 9.78. The monoisotopic (exact) mass is 402 g/mol. The average molecular weight is 402 g/mol. The quantitative estimate of drug-likeness (QED) is 0.494. The van der Waals surface area contributed by atoms with Gasteiger partial charge in [-0.2, -0.15) is 0 Å². The molecule has 29 heavy (non-hydrogen) atoms. The van der Waals surface area contributed by atoms with Crippen molar-refractivity contribution in [1.82, 2.24) is 0 Å². The summed E-state index contributed by atoms with van der Waals surface area (Å²) in [7, 11) is 0. The number of aliphatic hydroxyl groups excluding tert-OH is 1. The SMILES string of the molecule is C=C1C(=O)[C@@]23[C@@H]4OC(C)(C)OC25OC[C@]2([C@@H]6O[C@@H]6CC(C)(C)[C@H]2[C@@H]5O)[C@@H]3CC[C@@H]14. The molecule has 1 N–H and O–H groups in total. The molecule has 0 aromatic rings. The van der Waals surface area contributed by atoms with E-state index in [1.807, 2.05) is 13.8 Å². The third-order valence-corrected chi connectivity index (χ3v) is 9.78. The Morgan fingerprint density at radius 1 is 1.14 bits per heavy atom. The van der Waals surface area contributed by atoms with Crippen LogP contribution in [0.1, 0.15) is 47.0 Å². The Kier molecular flexibility index (Phi) is 2.79. The van der Waals surface area contributed by atoms with E-state index in [2.05, 4.69) is 20.4 Å². The molecule has 4 saturated carbocycles. The largest absolute Gasteiger partial charge is 0.387 e. The maximum Gasteiger partial charge on any atom is 0.213 e. The maximum absolute atomic E-state index is 14.0. The number of hydrogen-bond donors (Lipinski definition) is 1. The average Bonchev–Trinajstić information content (AvgIpc) is 3.37. The zero-order valence-corrected chi connectivity index (χ0v) is 17.6. The molecule has 0 amide bonds. The summed E-state index contributed by atoms with van der Waals surface area (Å²) in [5, 5.41) is 12.0. The van der Waals surface area contributed by atoms with E-state index in [0.717, 1.165) is 19.3 Å². The Balaban J connectivity index is 1.55. The van der Waals surface area contributed by atoms with E-state index in [1.165, 1.54) is 0 Å². The molecule has 8 fully saturated rings. The van der Waals surface area contributed by atoms with Crippen LogP contribution in [0.5, 0.6) is 0 Å². The van der Waals surface area contributed by atoms with Crippen LogP contribution >= 0.6 is 0 Å². The van der Waals surface area contributed by atoms with Crippen LogP contribution in [-0.2, 0) is 23.7 Å². The van der Waals surface area contributed by atoms with Crippen LogP contribution in [-0.4, -0.2) is 53.5 Å². The van der Waals surface area contributed by atoms with Gasteiger partial charge in [0.25, 0.3) is 0 Å². The van der Waals surface area contributed by atoms with Gasteiger partial charge in [-0.15, -0.1) is 0 Å². The number of fused-ring (bicyclic) bond motifs is 2. The second kappa shape index (κ2) is 4.53. The van der Waals surface area contributed by atoms with Crippen molar-refractivity contribution in [1.29, 1.82) is 0 Å². The van der Waals surface area contributed by atoms with Gasteiger partial charge >= 0.3 is 0 Å². The Hall–Kier alpha value is -0.790. The number of carbonyl (C=O) groups is 1. The first-order chi connectivity index (χ1) is 13.5. The first-order valence-electron chi connectivity index (χ1n) is 11.1. The van der Waals surface area contributed by atoms with Gasteiger partial charge in [-0.1, -0.05) is 20.4 Å². The van der Waals surface area contributed by atoms with Crippen LogP contribution in [0, 0.1) is 34.0 Å². The molecular formula is C23H30O6. The predicted octanol–water partition coefficient (Wildman–Crippen LogP) is 2.19. The fourth-order valence-corrected chi connectivity index (χ4v) is 9.29. The van der Waals surface area contributed by atoms with E-state index >= 15 is 0 Å². The Labute approximate surface area is 170 Å². The molecule has 0 aromatic heterocycles. The summed E-state index contributed by atoms with van der Waals surface area (Å²) in [6, 6.07) is 0. The highest BCUT2D eigenvalue weighted by molar-refractivity contribution is 6.05. The molecule has 10 atom stereocenters. The van der Waals surface area contributed by atoms with Crippen molar-refractivity contribution in [2.45, 2.75) is 82.9 Å². The molecule has 1 unspecified atom stereocenters. The number of rotatable bonds is 0. The van der Waals surface area contributed by atoms with Crippen molar-refractivity contribution < 1.29 is 28.8 Å². The minimum absolute atomic E-state index is 0.0100. The van der Waals surface area contributed by atoms with E-state index in [9.17, 15) is 9.90 Å². The summed E-state index contributed by atoms with van der Waals surface area (Å²) in [5.41, 5.74) is -0.921. The summed E-state index contributed by atoms with van der Waals surface area (Å²) < 4.78 is 25.8. The molecule has 4 aliphatic carbocycles. The molecule has 8 rings (SSSR count). The highest BCUT2D eigenvalue weighted by Crippen LogP contribution is 2.81. The van der Waals surface area contributed by atoms with Crippen LogP contribution in [0.15, 0.2) is 12.2 Å². The summed E-state index contributed by atoms with van der Waals surface area (Å²) in [6.07, 6.45) is 1.67. The third kappa shape index (κ3) is 1.53. The molecule has 4 saturated heterocycles. The van der Waals surface area contributed by atoms with Crippen molar-refractivity contribution >= 4 is 5.78 Å². The van der Waals surface area contributed by atoms with Gasteiger partial charge in [-0.3, -0.25) is 4.79 Å². The van der Waals surface area contributed by atoms with Crippen LogP contribution in [0.25, 0.3) is 0 Å². The molecular weight excluding hydrogens is 372 g/mol. The standard InChI is InChI=1S/C23H30O6/c1-10-11-6-7-13-21-9-26-23(16(25)14(21)19(2,3)8-12-18(21)27-12)22(13,15(10)24)17(11)28-20(4,5)29-23/h11-14,16-18,25H,1,6-9H2,2-5H3/t11-,12+,13-,14+,16-,17+,18+,21-,22-,23?/m0/s1. The molecule has 0 radical (unpaired) electrons. The Morgan fingerprint density at radius 2 is 1.90 bits per heavy atom. The number of epoxide rings is 1. The van der Waals surface area contributed by atoms with Gasteiger partial charge < -0.3 is 24.1 Å². The van der Waals surface area contributed by atoms with E-state index in [0.29, 0.717) is 12.2 Å². The van der Waals surface area contributed by atoms with E-state index in [4.69, 9.17) is 18.9 Å². The molecule has 158 valence electrons. The Morgan fingerprint density at radius 3 is 2.66 bits per heavy atom. The van der Waals surface area contributed by atoms with Crippen LogP contribution < -0.4 is 0 Å². The zero-order valence-electron chi connectivity index (χ0n) is 17.6. The minimum Gasteiger partial charge on any atom is -0.387 e. The number of aliphatic hydroxyl groups is 1. The molecule has 0 aromatic carbocycles. The number of carbonyl (C=O) groups excluding carboxylic acids is 1. The summed E-state index contributed by atoms with van der Waals surface area (Å²) in [6.45, 7) is 12.8. The number of ether oxygens (including phenoxy) is 4. The highest BCUT2D eigenvalue weighted by atomic mass is 16.8. The summed E-state index contributed by atoms with van der Waals surface area (Å²) in [4.78, 5) is 14.0. The van der Waals surface area contributed by atoms with Crippen molar-refractivity contribution in [3.8, 4) is 0 Å². The Bertz CT molecular complexity index is 879. The van der Waals surface area contributed by atoms with Crippen LogP contribution in [0.4, 0.5) is 0 Å². The van der Waals surface area contributed by atoms with Gasteiger partial charge in [-0.25, -0.2) is 0 Å². The lowest BCUT2D eigenvalue weighted by atomic mass is 9.36. The first-order valence-corrected chi connectivity index (χ1v) is 11.1. The first kappa shape index (κ1) is 17.8. The van der Waals surface area contributed by atoms with Gasteiger partial charge in [0, 0.05) is 17.3 Å². The predicted molar refractivity (Wildman–Crippen MR) is 101 cm³/mol. The topological polar surface area (TPSA) is 77.5 Å². The normalized spacial score (nSPS) is 62.3. The molecule has 8 aliphatic rings. The van der Waals surface area contributed by atoms with Gasteiger partial charge in [-0.05, 0) is 50.0 Å². The van der Waals surface area contributed by atoms with Crippen molar-refractivity contribution in [3.05, 3.63) is 12.2 Å². The van der Waals surface area contributed by atoms with Gasteiger partial charge in [0.1, 0.15) is 11.5 Å². The van der Waals surface area contributed by atoms with Gasteiger partial charge in [0.2, 0.25) is 5.79 Å². The lowest BCUT2D eigenvalue weighted by Gasteiger charge is -2.76. The molecule has 6 heteroatoms. The number of Topliss-reactive ketones (excluding diaryl/α,β-unsaturated/α-hetero) is 1. The number of ketones is 1. The molecule has 3 spiro atoms. The summed E-state index contributed by atoms with van der Waals surface area (Å²) >= 11 is 0. The second-order valence-corrected chi connectivity index (χ2v) is 11.8. The van der Waals surface area contributed by atoms with Crippen LogP contribution in [0.3, 0.4) is 0 Å². The van der Waals surface area contributed by atoms with Crippen molar-refractivity contribution in [3.63, 3.8) is 0 Å². The van der Waals surface area contributed by atoms with Crippen LogP contribution in [0.2, 0.25) is 0 Å². The fourth-order valence-electron chi connectivity index (χ4n) is 9.29. The van der Waals surface area contributed by atoms with E-state index in [-0.39, 0.29) is 52.7 Å². The minimum atomic E-state index is -1.38. The van der Waals surface area contributed by atoms with Crippen molar-refractivity contribution in [2.24, 2.45) is 34.0 Å². The van der Waals surface area contributed by atoms with Crippen molar-refractivity contribution in [2.75, 3.05) is 6.61 Å². The molecule has 4 bridgehead atoms. The smallest absolute Gasteiger partial charge is 0.213 e. The van der Waals surface area contributed by atoms with E-state index in [1.54, 1.807) is 0 Å². The lowest BCUT2D eigenvalue weighted by Crippen LogP contribution is -2.88. The zero-order chi connectivity index (χ0) is 20.4. The highest BCUT2D eigenvalue weighted by Gasteiger charge is 2.91. The number of hydrogen-bond acceptors (Lipinski definition) is 6. The summed E-state index contributed by atoms with van der Waals surface area (Å²) in [5.74, 6) is -2.41. The second-order valence-electron chi connectivity index (χ2n) is 11.8. The molecule has 4 aliphatic heterocycles. The fraction of sp³-hybridized carbons (Fsp3) is 0.870. The van der Waals surface area contributed by atoms with E-state index < -0.39 is 23.1 Å². The van der Waals surface area contributed by atoms with Gasteiger partial charge in [0.05, 0.1) is 24.9 Å². The molecule has 6 nitrogen and oxygen atoms in total. The molecule has 4 heterocycles.